The Balaban J connectivity index is 1.67. The summed E-state index contributed by atoms with van der Waals surface area (Å²) in [6.45, 7) is 4.47. The molecule has 0 radical (unpaired) electrons. The van der Waals surface area contributed by atoms with Gasteiger partial charge in [0.15, 0.2) is 5.69 Å². The average Bonchev–Trinajstić information content (AvgIpc) is 3.09. The number of likely N-dealkylation sites (N-methyl/N-ethyl adjacent to an activating group) is 1. The van der Waals surface area contributed by atoms with E-state index in [2.05, 4.69) is 5.10 Å². The highest BCUT2D eigenvalue weighted by Crippen LogP contribution is 2.18. The number of piperidine rings is 1. The van der Waals surface area contributed by atoms with E-state index >= 15 is 0 Å². The van der Waals surface area contributed by atoms with E-state index < -0.39 is 11.9 Å². The van der Waals surface area contributed by atoms with Gasteiger partial charge in [-0.1, -0.05) is 17.7 Å². The van der Waals surface area contributed by atoms with E-state index in [1.807, 2.05) is 38.1 Å². The van der Waals surface area contributed by atoms with Gasteiger partial charge in [-0.3, -0.25) is 14.4 Å². The number of likely N-dealkylation sites (tertiary alicyclic amines) is 1. The fourth-order valence-electron chi connectivity index (χ4n) is 3.50. The van der Waals surface area contributed by atoms with Gasteiger partial charge in [0.05, 0.1) is 18.2 Å². The highest BCUT2D eigenvalue weighted by atomic mass is 16.4. The third kappa shape index (κ3) is 4.64. The molecule has 1 saturated heterocycles. The summed E-state index contributed by atoms with van der Waals surface area (Å²) in [5.74, 6) is -2.02. The Morgan fingerprint density at radius 2 is 1.90 bits per heavy atom. The average molecular weight is 398 g/mol. The Bertz CT molecular complexity index is 919. The van der Waals surface area contributed by atoms with E-state index in [4.69, 9.17) is 0 Å². The van der Waals surface area contributed by atoms with Gasteiger partial charge in [-0.2, -0.15) is 5.10 Å². The molecule has 2 heterocycles. The van der Waals surface area contributed by atoms with Crippen LogP contribution >= 0.6 is 0 Å². The Morgan fingerprint density at radius 3 is 2.55 bits per heavy atom. The summed E-state index contributed by atoms with van der Waals surface area (Å²) in [5.41, 5.74) is 3.08. The molecule has 8 heteroatoms. The van der Waals surface area contributed by atoms with Gasteiger partial charge in [0.1, 0.15) is 0 Å². The molecule has 2 aromatic rings. The molecule has 0 aliphatic carbocycles. The van der Waals surface area contributed by atoms with Crippen molar-refractivity contribution >= 4 is 17.8 Å². The first-order chi connectivity index (χ1) is 13.8. The largest absolute Gasteiger partial charge is 0.481 e. The number of hydrogen-bond acceptors (Lipinski definition) is 4. The maximum absolute atomic E-state index is 12.8. The predicted octanol–water partition coefficient (Wildman–Crippen LogP) is 1.88. The zero-order valence-corrected chi connectivity index (χ0v) is 17.0. The predicted molar refractivity (Wildman–Crippen MR) is 107 cm³/mol. The van der Waals surface area contributed by atoms with E-state index in [9.17, 15) is 19.5 Å². The van der Waals surface area contributed by atoms with E-state index in [-0.39, 0.29) is 30.6 Å². The van der Waals surface area contributed by atoms with Crippen LogP contribution in [0.25, 0.3) is 5.69 Å². The van der Waals surface area contributed by atoms with Crippen molar-refractivity contribution in [2.45, 2.75) is 26.7 Å². The van der Waals surface area contributed by atoms with Crippen molar-refractivity contribution in [1.82, 2.24) is 19.6 Å². The number of benzene rings is 1. The number of amides is 2. The lowest BCUT2D eigenvalue weighted by molar-refractivity contribution is -0.145. The Kier molecular flexibility index (Phi) is 6.00. The van der Waals surface area contributed by atoms with Crippen molar-refractivity contribution in [2.24, 2.45) is 5.92 Å². The van der Waals surface area contributed by atoms with E-state index in [1.165, 1.54) is 9.80 Å². The van der Waals surface area contributed by atoms with Crippen molar-refractivity contribution in [3.63, 3.8) is 0 Å². The van der Waals surface area contributed by atoms with E-state index in [0.717, 1.165) is 16.9 Å². The molecule has 1 aliphatic rings. The molecule has 1 fully saturated rings. The topological polar surface area (TPSA) is 95.7 Å². The summed E-state index contributed by atoms with van der Waals surface area (Å²) < 4.78 is 1.70. The lowest BCUT2D eigenvalue weighted by atomic mass is 9.98. The van der Waals surface area contributed by atoms with Crippen LogP contribution in [0.3, 0.4) is 0 Å². The number of hydrogen-bond donors (Lipinski definition) is 1. The summed E-state index contributed by atoms with van der Waals surface area (Å²) in [6, 6.07) is 9.53. The lowest BCUT2D eigenvalue weighted by Crippen LogP contribution is -2.47. The molecule has 0 saturated carbocycles. The smallest absolute Gasteiger partial charge is 0.308 e. The van der Waals surface area contributed by atoms with Gasteiger partial charge in [-0.05, 0) is 44.9 Å². The quantitative estimate of drug-likeness (QED) is 0.830. The molecule has 1 aromatic carbocycles. The first-order valence-electron chi connectivity index (χ1n) is 9.66. The van der Waals surface area contributed by atoms with Crippen molar-refractivity contribution in [2.75, 3.05) is 26.7 Å². The van der Waals surface area contributed by atoms with Gasteiger partial charge in [-0.25, -0.2) is 4.68 Å². The normalized spacial score (nSPS) is 16.5. The molecular formula is C21H26N4O4. The van der Waals surface area contributed by atoms with Crippen LogP contribution in [0.1, 0.15) is 34.6 Å². The second-order valence-electron chi connectivity index (χ2n) is 7.60. The van der Waals surface area contributed by atoms with Crippen molar-refractivity contribution in [3.05, 3.63) is 47.3 Å². The third-order valence-electron chi connectivity index (χ3n) is 5.23. The monoisotopic (exact) mass is 398 g/mol. The van der Waals surface area contributed by atoms with Gasteiger partial charge in [0.25, 0.3) is 5.91 Å². The Morgan fingerprint density at radius 1 is 1.21 bits per heavy atom. The SMILES string of the molecule is Cc1ccc(-n2nc(C(=O)N(C)CC(=O)N3CCCC(C(=O)O)C3)cc2C)cc1. The van der Waals surface area contributed by atoms with Gasteiger partial charge in [-0.15, -0.1) is 0 Å². The molecule has 1 atom stereocenters. The van der Waals surface area contributed by atoms with Crippen molar-refractivity contribution in [3.8, 4) is 5.69 Å². The molecule has 1 unspecified atom stereocenters. The summed E-state index contributed by atoms with van der Waals surface area (Å²) >= 11 is 0. The number of nitrogens with zero attached hydrogens (tertiary/aromatic N) is 4. The summed E-state index contributed by atoms with van der Waals surface area (Å²) in [6.07, 6.45) is 1.23. The number of aryl methyl sites for hydroxylation is 2. The summed E-state index contributed by atoms with van der Waals surface area (Å²) in [4.78, 5) is 39.4. The number of rotatable bonds is 5. The van der Waals surface area contributed by atoms with E-state index in [1.54, 1.807) is 17.8 Å². The molecule has 29 heavy (non-hydrogen) atoms. The molecule has 1 aliphatic heterocycles. The number of carboxylic acid groups (broad SMARTS) is 1. The first kappa shape index (κ1) is 20.6. The van der Waals surface area contributed by atoms with Crippen LogP contribution in [0.2, 0.25) is 0 Å². The van der Waals surface area contributed by atoms with Crippen LogP contribution in [0.4, 0.5) is 0 Å². The second-order valence-corrected chi connectivity index (χ2v) is 7.60. The summed E-state index contributed by atoms with van der Waals surface area (Å²) in [5, 5.41) is 13.6. The van der Waals surface area contributed by atoms with Crippen LogP contribution in [-0.4, -0.2) is 69.2 Å². The fraction of sp³-hybridized carbons (Fsp3) is 0.429. The number of aliphatic carboxylic acids is 1. The van der Waals surface area contributed by atoms with Gasteiger partial charge in [0.2, 0.25) is 5.91 Å². The Labute approximate surface area is 169 Å². The minimum atomic E-state index is -0.885. The molecule has 0 bridgehead atoms. The van der Waals surface area contributed by atoms with Crippen LogP contribution in [0.15, 0.2) is 30.3 Å². The van der Waals surface area contributed by atoms with Crippen LogP contribution in [0, 0.1) is 19.8 Å². The highest BCUT2D eigenvalue weighted by Gasteiger charge is 2.29. The van der Waals surface area contributed by atoms with Crippen LogP contribution in [-0.2, 0) is 9.59 Å². The number of carbonyl (C=O) groups excluding carboxylic acids is 2. The molecule has 0 spiro atoms. The lowest BCUT2D eigenvalue weighted by Gasteiger charge is -2.31. The molecule has 2 amide bonds. The number of carbonyl (C=O) groups is 3. The summed E-state index contributed by atoms with van der Waals surface area (Å²) in [7, 11) is 1.55. The molecular weight excluding hydrogens is 372 g/mol. The Hall–Kier alpha value is -3.16. The second kappa shape index (κ2) is 8.46. The standard InChI is InChI=1S/C21H26N4O4/c1-14-6-8-17(9-7-14)25-15(2)11-18(22-25)20(27)23(3)13-19(26)24-10-4-5-16(12-24)21(28)29/h6-9,11,16H,4-5,10,12-13H2,1-3H3,(H,28,29). The van der Waals surface area contributed by atoms with Crippen molar-refractivity contribution < 1.29 is 19.5 Å². The number of aromatic nitrogens is 2. The minimum Gasteiger partial charge on any atom is -0.481 e. The third-order valence-corrected chi connectivity index (χ3v) is 5.23. The van der Waals surface area contributed by atoms with Gasteiger partial charge in [0, 0.05) is 25.8 Å². The van der Waals surface area contributed by atoms with Crippen molar-refractivity contribution in [1.29, 1.82) is 0 Å². The maximum Gasteiger partial charge on any atom is 0.308 e. The molecule has 1 aromatic heterocycles. The minimum absolute atomic E-state index is 0.110. The highest BCUT2D eigenvalue weighted by molar-refractivity contribution is 5.95. The zero-order chi connectivity index (χ0) is 21.1. The van der Waals surface area contributed by atoms with E-state index in [0.29, 0.717) is 19.4 Å². The van der Waals surface area contributed by atoms with Crippen LogP contribution < -0.4 is 0 Å². The molecule has 1 N–H and O–H groups in total. The maximum atomic E-state index is 12.8. The van der Waals surface area contributed by atoms with Gasteiger partial charge < -0.3 is 14.9 Å². The molecule has 154 valence electrons. The molecule has 3 rings (SSSR count). The van der Waals surface area contributed by atoms with Gasteiger partial charge >= 0.3 is 5.97 Å². The molecule has 8 nitrogen and oxygen atoms in total. The number of carboxylic acids is 1. The fourth-order valence-corrected chi connectivity index (χ4v) is 3.50. The first-order valence-corrected chi connectivity index (χ1v) is 9.66. The zero-order valence-electron chi connectivity index (χ0n) is 17.0. The van der Waals surface area contributed by atoms with Crippen LogP contribution in [0.5, 0.6) is 0 Å².